The third-order valence-corrected chi connectivity index (χ3v) is 4.78. The molecule has 1 N–H and O–H groups in total. The molecule has 27 heavy (non-hydrogen) atoms. The van der Waals surface area contributed by atoms with E-state index < -0.39 is 0 Å². The number of nitrogens with zero attached hydrogens (tertiary/aromatic N) is 4. The van der Waals surface area contributed by atoms with Crippen molar-refractivity contribution in [2.75, 3.05) is 25.6 Å². The maximum absolute atomic E-state index is 13.0. The van der Waals surface area contributed by atoms with E-state index in [0.29, 0.717) is 19.7 Å². The van der Waals surface area contributed by atoms with E-state index in [1.165, 1.54) is 0 Å². The molecule has 3 aromatic rings. The Kier molecular flexibility index (Phi) is 5.71. The van der Waals surface area contributed by atoms with Crippen molar-refractivity contribution in [1.82, 2.24) is 19.7 Å². The predicted molar refractivity (Wildman–Crippen MR) is 106 cm³/mol. The van der Waals surface area contributed by atoms with Gasteiger partial charge in [0.05, 0.1) is 24.5 Å². The Hall–Kier alpha value is -2.93. The molecule has 0 radical (unpaired) electrons. The lowest BCUT2D eigenvalue weighted by atomic mass is 10.1. The molecule has 142 valence electrons. The minimum atomic E-state index is -0.168. The number of anilines is 1. The average Bonchev–Trinajstić information content (AvgIpc) is 2.91. The summed E-state index contributed by atoms with van der Waals surface area (Å²) >= 11 is 0. The number of aryl methyl sites for hydroxylation is 2. The van der Waals surface area contributed by atoms with Crippen LogP contribution in [0.5, 0.6) is 0 Å². The molecule has 0 saturated heterocycles. The van der Waals surface area contributed by atoms with E-state index in [1.807, 2.05) is 49.8 Å². The summed E-state index contributed by atoms with van der Waals surface area (Å²) in [6.45, 7) is 5.41. The first-order valence-corrected chi connectivity index (χ1v) is 8.88. The number of carbonyl (C=O) groups is 1. The van der Waals surface area contributed by atoms with E-state index in [-0.39, 0.29) is 6.03 Å². The van der Waals surface area contributed by atoms with Crippen molar-refractivity contribution in [1.29, 1.82) is 0 Å². The van der Waals surface area contributed by atoms with E-state index in [4.69, 9.17) is 4.74 Å². The van der Waals surface area contributed by atoms with E-state index in [1.54, 1.807) is 24.4 Å². The molecule has 0 aliphatic rings. The zero-order valence-corrected chi connectivity index (χ0v) is 16.2. The molecule has 7 heteroatoms. The van der Waals surface area contributed by atoms with Crippen LogP contribution in [0.25, 0.3) is 10.8 Å². The third-order valence-electron chi connectivity index (χ3n) is 4.78. The molecule has 7 nitrogen and oxygen atoms in total. The van der Waals surface area contributed by atoms with Crippen LogP contribution in [0.1, 0.15) is 17.0 Å². The number of fused-ring (bicyclic) bond motifs is 1. The molecule has 3 rings (SSSR count). The second kappa shape index (κ2) is 8.18. The Balaban J connectivity index is 1.84. The van der Waals surface area contributed by atoms with Gasteiger partial charge in [0.2, 0.25) is 0 Å². The molecule has 0 atom stereocenters. The quantitative estimate of drug-likeness (QED) is 0.726. The monoisotopic (exact) mass is 367 g/mol. The minimum absolute atomic E-state index is 0.168. The van der Waals surface area contributed by atoms with Gasteiger partial charge in [-0.2, -0.15) is 5.10 Å². The highest BCUT2D eigenvalue weighted by atomic mass is 16.5. The van der Waals surface area contributed by atoms with Crippen LogP contribution in [0, 0.1) is 13.8 Å². The number of methoxy groups -OCH3 is 1. The van der Waals surface area contributed by atoms with Crippen LogP contribution in [-0.2, 0) is 18.3 Å². The van der Waals surface area contributed by atoms with Crippen molar-refractivity contribution in [3.8, 4) is 0 Å². The summed E-state index contributed by atoms with van der Waals surface area (Å²) in [6, 6.07) is 7.52. The van der Waals surface area contributed by atoms with Gasteiger partial charge in [0.25, 0.3) is 0 Å². The first-order chi connectivity index (χ1) is 13.0. The fraction of sp³-hybridized carbons (Fsp3) is 0.350. The van der Waals surface area contributed by atoms with Gasteiger partial charge in [-0.25, -0.2) is 4.79 Å². The van der Waals surface area contributed by atoms with Crippen LogP contribution in [0.3, 0.4) is 0 Å². The van der Waals surface area contributed by atoms with Crippen molar-refractivity contribution in [2.45, 2.75) is 20.4 Å². The van der Waals surface area contributed by atoms with Gasteiger partial charge in [0.1, 0.15) is 0 Å². The molecule has 2 heterocycles. The van der Waals surface area contributed by atoms with Gasteiger partial charge in [0.15, 0.2) is 0 Å². The smallest absolute Gasteiger partial charge is 0.322 e. The predicted octanol–water partition coefficient (Wildman–Crippen LogP) is 3.27. The lowest BCUT2D eigenvalue weighted by molar-refractivity contribution is 0.152. The zero-order chi connectivity index (χ0) is 19.4. The number of pyridine rings is 1. The summed E-state index contributed by atoms with van der Waals surface area (Å²) in [5, 5.41) is 9.43. The van der Waals surface area contributed by atoms with Gasteiger partial charge >= 0.3 is 6.03 Å². The van der Waals surface area contributed by atoms with Gasteiger partial charge in [-0.1, -0.05) is 12.1 Å². The molecule has 2 amide bonds. The van der Waals surface area contributed by atoms with E-state index in [2.05, 4.69) is 15.4 Å². The molecule has 1 aromatic carbocycles. The number of carbonyl (C=O) groups excluding carboxylic acids is 1. The number of urea groups is 1. The van der Waals surface area contributed by atoms with Crippen molar-refractivity contribution in [3.63, 3.8) is 0 Å². The Bertz CT molecular complexity index is 945. The first kappa shape index (κ1) is 18.8. The summed E-state index contributed by atoms with van der Waals surface area (Å²) in [5.74, 6) is 0. The molecule has 0 bridgehead atoms. The Labute approximate surface area is 159 Å². The number of benzene rings is 1. The SMILES string of the molecule is COCCN(Cc1c(C)nn(C)c1C)C(=O)Nc1cccc2cnccc12. The number of aromatic nitrogens is 3. The van der Waals surface area contributed by atoms with Crippen LogP contribution in [0.2, 0.25) is 0 Å². The zero-order valence-electron chi connectivity index (χ0n) is 16.2. The fourth-order valence-corrected chi connectivity index (χ4v) is 3.12. The molecular weight excluding hydrogens is 342 g/mol. The molecule has 0 spiro atoms. The van der Waals surface area contributed by atoms with Crippen LogP contribution in [0.15, 0.2) is 36.7 Å². The number of nitrogens with one attached hydrogen (secondary N) is 1. The van der Waals surface area contributed by atoms with Crippen LogP contribution < -0.4 is 5.32 Å². The second-order valence-corrected chi connectivity index (χ2v) is 6.52. The van der Waals surface area contributed by atoms with E-state index >= 15 is 0 Å². The van der Waals surface area contributed by atoms with Crippen molar-refractivity contribution < 1.29 is 9.53 Å². The summed E-state index contributed by atoms with van der Waals surface area (Å²) < 4.78 is 7.04. The third kappa shape index (κ3) is 4.09. The van der Waals surface area contributed by atoms with E-state index in [9.17, 15) is 4.79 Å². The average molecular weight is 367 g/mol. The number of hydrogen-bond donors (Lipinski definition) is 1. The van der Waals surface area contributed by atoms with Crippen molar-refractivity contribution in [2.24, 2.45) is 7.05 Å². The number of amides is 2. The molecule has 0 saturated carbocycles. The summed E-state index contributed by atoms with van der Waals surface area (Å²) in [7, 11) is 3.55. The fourth-order valence-electron chi connectivity index (χ4n) is 3.12. The largest absolute Gasteiger partial charge is 0.383 e. The highest BCUT2D eigenvalue weighted by Gasteiger charge is 2.19. The van der Waals surface area contributed by atoms with Crippen LogP contribution >= 0.6 is 0 Å². The van der Waals surface area contributed by atoms with E-state index in [0.717, 1.165) is 33.4 Å². The Morgan fingerprint density at radius 3 is 2.81 bits per heavy atom. The normalized spacial score (nSPS) is 11.0. The van der Waals surface area contributed by atoms with Crippen molar-refractivity contribution in [3.05, 3.63) is 53.6 Å². The van der Waals surface area contributed by atoms with Gasteiger partial charge in [0, 0.05) is 55.1 Å². The first-order valence-electron chi connectivity index (χ1n) is 8.88. The van der Waals surface area contributed by atoms with Crippen LogP contribution in [0.4, 0.5) is 10.5 Å². The number of hydrogen-bond acceptors (Lipinski definition) is 4. The van der Waals surface area contributed by atoms with Crippen LogP contribution in [-0.4, -0.2) is 46.0 Å². The summed E-state index contributed by atoms with van der Waals surface area (Å²) in [4.78, 5) is 18.9. The van der Waals surface area contributed by atoms with Gasteiger partial charge in [-0.15, -0.1) is 0 Å². The van der Waals surface area contributed by atoms with Crippen molar-refractivity contribution >= 4 is 22.5 Å². The van der Waals surface area contributed by atoms with Gasteiger partial charge in [-0.3, -0.25) is 9.67 Å². The highest BCUT2D eigenvalue weighted by molar-refractivity contribution is 6.01. The summed E-state index contributed by atoms with van der Waals surface area (Å²) in [5.41, 5.74) is 3.81. The minimum Gasteiger partial charge on any atom is -0.383 e. The lowest BCUT2D eigenvalue weighted by Gasteiger charge is -2.23. The molecule has 0 fully saturated rings. The molecule has 0 unspecified atom stereocenters. The Morgan fingerprint density at radius 2 is 2.11 bits per heavy atom. The van der Waals surface area contributed by atoms with Gasteiger partial charge in [-0.05, 0) is 26.0 Å². The Morgan fingerprint density at radius 1 is 1.30 bits per heavy atom. The summed E-state index contributed by atoms with van der Waals surface area (Å²) in [6.07, 6.45) is 3.51. The highest BCUT2D eigenvalue weighted by Crippen LogP contribution is 2.23. The maximum Gasteiger partial charge on any atom is 0.322 e. The second-order valence-electron chi connectivity index (χ2n) is 6.52. The topological polar surface area (TPSA) is 72.3 Å². The molecule has 0 aliphatic carbocycles. The van der Waals surface area contributed by atoms with Gasteiger partial charge < -0.3 is 15.0 Å². The lowest BCUT2D eigenvalue weighted by Crippen LogP contribution is -2.37. The number of ether oxygens (including phenoxy) is 1. The molecular formula is C20H25N5O2. The maximum atomic E-state index is 13.0. The number of rotatable bonds is 6. The molecule has 2 aromatic heterocycles. The standard InChI is InChI=1S/C20H25N5O2/c1-14-18(15(2)24(3)23-14)13-25(10-11-27-4)20(26)22-19-7-5-6-16-12-21-9-8-17(16)19/h5-9,12H,10-11,13H2,1-4H3,(H,22,26). The molecule has 0 aliphatic heterocycles.